The number of nitrogens with one attached hydrogen (secondary N) is 6. The summed E-state index contributed by atoms with van der Waals surface area (Å²) in [6, 6.07) is -5.41. The van der Waals surface area contributed by atoms with Gasteiger partial charge < -0.3 is 46.3 Å². The van der Waals surface area contributed by atoms with Crippen molar-refractivity contribution in [3.63, 3.8) is 0 Å². The molecule has 5 rings (SSSR count). The summed E-state index contributed by atoms with van der Waals surface area (Å²) in [5, 5.41) is 16.1. The molecule has 6 N–H and O–H groups in total. The van der Waals surface area contributed by atoms with Crippen molar-refractivity contribution < 1.29 is 47.8 Å². The molecular formula is C37H57N7O10. The molecule has 3 saturated carbocycles. The topological polar surface area (TPSA) is 230 Å². The minimum Gasteiger partial charge on any atom is -0.453 e. The number of ketones is 1. The molecule has 54 heavy (non-hydrogen) atoms. The van der Waals surface area contributed by atoms with E-state index in [1.54, 1.807) is 25.7 Å². The fourth-order valence-electron chi connectivity index (χ4n) is 9.24. The molecule has 5 aliphatic rings. The second-order valence-electron chi connectivity index (χ2n) is 16.7. The number of likely N-dealkylation sites (tertiary alicyclic amines) is 1. The molecule has 2 heterocycles. The molecule has 0 bridgehead atoms. The Bertz CT molecular complexity index is 1510. The quantitative estimate of drug-likeness (QED) is 0.144. The van der Waals surface area contributed by atoms with Crippen molar-refractivity contribution in [2.75, 3.05) is 27.3 Å². The van der Waals surface area contributed by atoms with Gasteiger partial charge in [-0.3, -0.25) is 28.8 Å². The summed E-state index contributed by atoms with van der Waals surface area (Å²) >= 11 is 0. The number of nitrogens with zero attached hydrogens (tertiary/aromatic N) is 1. The Morgan fingerprint density at radius 3 is 2.15 bits per heavy atom. The van der Waals surface area contributed by atoms with Crippen LogP contribution in [0.2, 0.25) is 0 Å². The number of rotatable bonds is 13. The predicted molar refractivity (Wildman–Crippen MR) is 192 cm³/mol. The van der Waals surface area contributed by atoms with E-state index in [0.29, 0.717) is 32.1 Å². The highest BCUT2D eigenvalue weighted by atomic mass is 16.5. The lowest BCUT2D eigenvalue weighted by Crippen LogP contribution is -2.69. The van der Waals surface area contributed by atoms with Crippen LogP contribution >= 0.6 is 0 Å². The van der Waals surface area contributed by atoms with E-state index in [1.165, 1.54) is 0 Å². The maximum absolute atomic E-state index is 14.7. The molecule has 0 radical (unpaired) electrons. The molecule has 0 aromatic carbocycles. The largest absolute Gasteiger partial charge is 0.453 e. The first-order valence-corrected chi connectivity index (χ1v) is 19.3. The third-order valence-electron chi connectivity index (χ3n) is 12.3. The van der Waals surface area contributed by atoms with Gasteiger partial charge in [-0.15, -0.1) is 0 Å². The van der Waals surface area contributed by atoms with Crippen molar-refractivity contribution in [1.82, 2.24) is 36.8 Å². The summed E-state index contributed by atoms with van der Waals surface area (Å²) in [7, 11) is 2.28. The average Bonchev–Trinajstić information content (AvgIpc) is 3.76. The molecule has 0 aromatic rings. The van der Waals surface area contributed by atoms with E-state index in [0.717, 1.165) is 46.3 Å². The molecule has 1 unspecified atom stereocenters. The SMILES string of the molecule is CCC12CC[C@H]3CN(C(=O)[C@@H](NC(=O)[C@@H](NC(=O)[C@H](CNC(=O)OC)NC(=O)OC)C4CCCCC4)C(C)(C)C)[C@H](C(=O)N[C@@H]1C(=O)C(=O)NC1CC1)[C@H]32. The van der Waals surface area contributed by atoms with Gasteiger partial charge in [-0.05, 0) is 62.2 Å². The number of carbonyl (C=O) groups excluding carboxylic acids is 8. The molecule has 300 valence electrons. The Morgan fingerprint density at radius 2 is 1.56 bits per heavy atom. The van der Waals surface area contributed by atoms with E-state index >= 15 is 0 Å². The predicted octanol–water partition coefficient (Wildman–Crippen LogP) is 0.643. The first-order valence-electron chi connectivity index (χ1n) is 19.3. The summed E-state index contributed by atoms with van der Waals surface area (Å²) in [5.74, 6) is -4.32. The van der Waals surface area contributed by atoms with Crippen LogP contribution in [-0.2, 0) is 38.2 Å². The van der Waals surface area contributed by atoms with E-state index < -0.39 is 88.5 Å². The fourth-order valence-corrected chi connectivity index (χ4v) is 9.24. The Balaban J connectivity index is 1.37. The lowest BCUT2D eigenvalue weighted by atomic mass is 9.63. The van der Waals surface area contributed by atoms with E-state index in [4.69, 9.17) is 0 Å². The Kier molecular flexibility index (Phi) is 12.5. The van der Waals surface area contributed by atoms with Gasteiger partial charge in [0.15, 0.2) is 0 Å². The zero-order chi connectivity index (χ0) is 39.5. The number of hydrogen-bond acceptors (Lipinski definition) is 10. The molecule has 17 nitrogen and oxygen atoms in total. The minimum atomic E-state index is -1.32. The van der Waals surface area contributed by atoms with E-state index in [-0.39, 0.29) is 36.9 Å². The number of ether oxygens (including phenoxy) is 2. The molecule has 2 saturated heterocycles. The highest BCUT2D eigenvalue weighted by Crippen LogP contribution is 2.59. The number of alkyl carbamates (subject to hydrolysis) is 2. The summed E-state index contributed by atoms with van der Waals surface area (Å²) < 4.78 is 9.25. The van der Waals surface area contributed by atoms with Gasteiger partial charge in [0.05, 0.1) is 20.8 Å². The molecular weight excluding hydrogens is 702 g/mol. The number of hydrogen-bond donors (Lipinski definition) is 6. The van der Waals surface area contributed by atoms with Crippen LogP contribution in [0.3, 0.4) is 0 Å². The lowest BCUT2D eigenvalue weighted by molar-refractivity contribution is -0.153. The third-order valence-corrected chi connectivity index (χ3v) is 12.3. The summed E-state index contributed by atoms with van der Waals surface area (Å²) in [5.41, 5.74) is -1.54. The van der Waals surface area contributed by atoms with Crippen LogP contribution in [0.5, 0.6) is 0 Å². The zero-order valence-electron chi connectivity index (χ0n) is 32.2. The number of piperidine rings is 1. The summed E-state index contributed by atoms with van der Waals surface area (Å²) in [6.45, 7) is 7.28. The molecule has 5 fully saturated rings. The molecule has 3 aliphatic carbocycles. The van der Waals surface area contributed by atoms with Gasteiger partial charge in [-0.1, -0.05) is 47.0 Å². The van der Waals surface area contributed by atoms with Crippen molar-refractivity contribution >= 4 is 47.5 Å². The summed E-state index contributed by atoms with van der Waals surface area (Å²) in [6.07, 6.45) is 5.62. The fraction of sp³-hybridized carbons (Fsp3) is 0.784. The van der Waals surface area contributed by atoms with E-state index in [2.05, 4.69) is 41.4 Å². The van der Waals surface area contributed by atoms with Crippen LogP contribution in [0, 0.1) is 28.6 Å². The first-order chi connectivity index (χ1) is 25.6. The van der Waals surface area contributed by atoms with Crippen molar-refractivity contribution in [3.05, 3.63) is 0 Å². The van der Waals surface area contributed by atoms with Crippen LogP contribution in [0.1, 0.15) is 91.9 Å². The van der Waals surface area contributed by atoms with Crippen LogP contribution in [0.25, 0.3) is 0 Å². The van der Waals surface area contributed by atoms with Crippen LogP contribution < -0.4 is 31.9 Å². The van der Waals surface area contributed by atoms with Crippen LogP contribution in [-0.4, -0.2) is 116 Å². The third kappa shape index (κ3) is 8.43. The van der Waals surface area contributed by atoms with Gasteiger partial charge in [0.1, 0.15) is 30.2 Å². The zero-order valence-corrected chi connectivity index (χ0v) is 32.2. The lowest BCUT2D eigenvalue weighted by Gasteiger charge is -2.48. The van der Waals surface area contributed by atoms with Crippen molar-refractivity contribution in [2.24, 2.45) is 28.6 Å². The second kappa shape index (κ2) is 16.5. The minimum absolute atomic E-state index is 0.0147. The van der Waals surface area contributed by atoms with Crippen molar-refractivity contribution in [2.45, 2.75) is 128 Å². The Morgan fingerprint density at radius 1 is 0.889 bits per heavy atom. The highest BCUT2D eigenvalue weighted by Gasteiger charge is 2.67. The molecule has 0 spiro atoms. The van der Waals surface area contributed by atoms with Gasteiger partial charge in [0.25, 0.3) is 5.91 Å². The molecule has 17 heteroatoms. The van der Waals surface area contributed by atoms with Gasteiger partial charge >= 0.3 is 12.2 Å². The van der Waals surface area contributed by atoms with E-state index in [1.807, 2.05) is 6.92 Å². The number of methoxy groups -OCH3 is 2. The standard InChI is InChI=1S/C37H57N7O10/c1-7-37-16-15-20-18-44(25(23(20)37)31(48)42-27(37)26(45)32(49)39-21-13-14-21)33(50)28(36(2,3)4)43-30(47)24(19-11-9-8-10-12-19)41-29(46)22(40-35(52)54-6)17-38-34(51)53-5/h19-25,27-28H,7-18H2,1-6H3,(H,38,51)(H,39,49)(H,40,52)(H,41,46)(H,42,48)(H,43,47)/t20-,22-,23-,24-,25-,27+,28+,37?/m0/s1. The first kappa shape index (κ1) is 40.7. The Labute approximate surface area is 315 Å². The highest BCUT2D eigenvalue weighted by molar-refractivity contribution is 6.39. The van der Waals surface area contributed by atoms with Gasteiger partial charge in [-0.25, -0.2) is 9.59 Å². The van der Waals surface area contributed by atoms with Gasteiger partial charge in [-0.2, -0.15) is 0 Å². The maximum atomic E-state index is 14.7. The van der Waals surface area contributed by atoms with Crippen molar-refractivity contribution in [1.29, 1.82) is 0 Å². The van der Waals surface area contributed by atoms with Gasteiger partial charge in [0.2, 0.25) is 29.4 Å². The molecule has 0 aromatic heterocycles. The van der Waals surface area contributed by atoms with Gasteiger partial charge in [0, 0.05) is 23.9 Å². The monoisotopic (exact) mass is 759 g/mol. The smallest absolute Gasteiger partial charge is 0.407 e. The molecule has 2 aliphatic heterocycles. The summed E-state index contributed by atoms with van der Waals surface area (Å²) in [4.78, 5) is 109. The normalized spacial score (nSPS) is 28.0. The number of carbonyl (C=O) groups is 8. The van der Waals surface area contributed by atoms with Crippen LogP contribution in [0.4, 0.5) is 9.59 Å². The van der Waals surface area contributed by atoms with Crippen molar-refractivity contribution in [3.8, 4) is 0 Å². The average molecular weight is 760 g/mol. The Hall–Kier alpha value is -4.44. The molecule has 7 amide bonds. The molecule has 8 atom stereocenters. The maximum Gasteiger partial charge on any atom is 0.407 e. The second-order valence-corrected chi connectivity index (χ2v) is 16.7. The number of Topliss-reactive ketones (excluding diaryl/α,β-unsaturated/α-hetero) is 1. The number of amides is 7. The van der Waals surface area contributed by atoms with E-state index in [9.17, 15) is 38.4 Å². The van der Waals surface area contributed by atoms with Crippen LogP contribution in [0.15, 0.2) is 0 Å².